The summed E-state index contributed by atoms with van der Waals surface area (Å²) < 4.78 is 62.9. The number of alkyl carbamates (subject to hydrolysis) is 1. The lowest BCUT2D eigenvalue weighted by atomic mass is 9.89. The topological polar surface area (TPSA) is 177 Å². The summed E-state index contributed by atoms with van der Waals surface area (Å²) in [4.78, 5) is 57.3. The van der Waals surface area contributed by atoms with E-state index < -0.39 is 66.4 Å². The second-order valence-electron chi connectivity index (χ2n) is 14.3. The molecule has 6 rings (SSSR count). The molecule has 18 heteroatoms. The van der Waals surface area contributed by atoms with E-state index in [2.05, 4.69) is 16.0 Å². The number of imidazole rings is 1. The van der Waals surface area contributed by atoms with Gasteiger partial charge < -0.3 is 44.7 Å². The van der Waals surface area contributed by atoms with E-state index in [1.54, 1.807) is 6.20 Å². The summed E-state index contributed by atoms with van der Waals surface area (Å²) in [5.74, 6) is -2.56. The Bertz CT molecular complexity index is 1890. The number of rotatable bonds is 18. The van der Waals surface area contributed by atoms with Crippen molar-refractivity contribution in [2.24, 2.45) is 11.8 Å². The summed E-state index contributed by atoms with van der Waals surface area (Å²) in [7, 11) is 0. The molecule has 58 heavy (non-hydrogen) atoms. The monoisotopic (exact) mass is 811 g/mol. The molecule has 3 aromatic rings. The number of urea groups is 1. The molecule has 4 N–H and O–H groups in total. The number of benzene rings is 2. The Balaban J connectivity index is 1.15. The van der Waals surface area contributed by atoms with E-state index in [9.17, 15) is 28.7 Å². The molecular weight excluding hydrogens is 763 g/mol. The zero-order chi connectivity index (χ0) is 41.0. The summed E-state index contributed by atoms with van der Waals surface area (Å²) in [5.41, 5.74) is 1.00. The van der Waals surface area contributed by atoms with Gasteiger partial charge in [0.2, 0.25) is 0 Å². The van der Waals surface area contributed by atoms with Gasteiger partial charge in [-0.3, -0.25) is 14.5 Å². The van der Waals surface area contributed by atoms with Crippen LogP contribution in [0.1, 0.15) is 30.3 Å². The van der Waals surface area contributed by atoms with Gasteiger partial charge in [0.1, 0.15) is 36.3 Å². The summed E-state index contributed by atoms with van der Waals surface area (Å²) >= 11 is 0. The highest BCUT2D eigenvalue weighted by atomic mass is 19.1. The SMILES string of the molecule is O=C(NCCOCCN1C(=O)C=CC1=O)OCC(O)CNC(=O)N(CC1CNCC1F)C(c1nc(-c2cc(F)ccc2F)cn1Cc1ccccc1)C1CCOCC1. The van der Waals surface area contributed by atoms with Gasteiger partial charge >= 0.3 is 12.1 Å². The molecule has 4 unspecified atom stereocenters. The van der Waals surface area contributed by atoms with Gasteiger partial charge in [-0.2, -0.15) is 0 Å². The zero-order valence-corrected chi connectivity index (χ0v) is 31.9. The fourth-order valence-corrected chi connectivity index (χ4v) is 7.21. The first-order chi connectivity index (χ1) is 28.1. The van der Waals surface area contributed by atoms with Crippen LogP contribution in [-0.4, -0.2) is 133 Å². The fraction of sp³-hybridized carbons (Fsp3) is 0.475. The second-order valence-corrected chi connectivity index (χ2v) is 14.3. The summed E-state index contributed by atoms with van der Waals surface area (Å²) in [6.07, 6.45) is 1.64. The van der Waals surface area contributed by atoms with Crippen LogP contribution in [0.4, 0.5) is 22.8 Å². The Morgan fingerprint density at radius 2 is 1.79 bits per heavy atom. The first-order valence-electron chi connectivity index (χ1n) is 19.3. The number of imide groups is 1. The Labute approximate surface area is 333 Å². The molecule has 15 nitrogen and oxygen atoms in total. The standard InChI is InChI=1S/C40H48F3N7O8/c41-29-6-7-32(42)31(18-29)34-24-48(22-26-4-2-1-3-5-26)38(47-34)37(27-10-14-56-15-11-27)50(23-28-19-44-21-33(28)43)39(54)46-20-30(51)25-58-40(55)45-12-16-57-17-13-49-35(52)8-9-36(49)53/h1-9,18,24,27-28,30,33,37,44,51H,10-17,19-23,25H2,(H,45,55)(H,46,54). The third kappa shape index (κ3) is 11.2. The maximum Gasteiger partial charge on any atom is 0.407 e. The average Bonchev–Trinajstić information content (AvgIpc) is 3.93. The van der Waals surface area contributed by atoms with Gasteiger partial charge in [0, 0.05) is 82.3 Å². The molecule has 1 aromatic heterocycles. The van der Waals surface area contributed by atoms with Crippen LogP contribution in [0.3, 0.4) is 0 Å². The molecule has 5 amide bonds. The number of nitrogens with one attached hydrogen (secondary N) is 3. The molecule has 2 aromatic carbocycles. The van der Waals surface area contributed by atoms with E-state index in [1.165, 1.54) is 17.1 Å². The quantitative estimate of drug-likeness (QED) is 0.110. The average molecular weight is 812 g/mol. The van der Waals surface area contributed by atoms with Crippen molar-refractivity contribution >= 4 is 23.9 Å². The number of ether oxygens (including phenoxy) is 3. The molecule has 4 atom stereocenters. The van der Waals surface area contributed by atoms with Crippen molar-refractivity contribution in [3.63, 3.8) is 0 Å². The van der Waals surface area contributed by atoms with Crippen LogP contribution in [0.5, 0.6) is 0 Å². The van der Waals surface area contributed by atoms with Crippen molar-refractivity contribution in [2.75, 3.05) is 72.3 Å². The lowest BCUT2D eigenvalue weighted by Gasteiger charge is -2.40. The molecule has 312 valence electrons. The number of aliphatic hydroxyl groups excluding tert-OH is 1. The van der Waals surface area contributed by atoms with E-state index in [0.717, 1.165) is 28.7 Å². The molecular formula is C40H48F3N7O8. The first-order valence-corrected chi connectivity index (χ1v) is 19.3. The predicted octanol–water partition coefficient (Wildman–Crippen LogP) is 2.94. The van der Waals surface area contributed by atoms with Gasteiger partial charge in [-0.05, 0) is 42.5 Å². The van der Waals surface area contributed by atoms with Crippen molar-refractivity contribution in [2.45, 2.75) is 37.7 Å². The number of nitrogens with zero attached hydrogens (tertiary/aromatic N) is 4. The Morgan fingerprint density at radius 3 is 2.52 bits per heavy atom. The third-order valence-electron chi connectivity index (χ3n) is 10.2. The number of halogens is 3. The van der Waals surface area contributed by atoms with Gasteiger partial charge in [0.25, 0.3) is 11.8 Å². The van der Waals surface area contributed by atoms with Crippen molar-refractivity contribution in [3.8, 4) is 11.3 Å². The first kappa shape index (κ1) is 42.3. The minimum atomic E-state index is -1.32. The van der Waals surface area contributed by atoms with Crippen molar-refractivity contribution < 1.29 is 51.7 Å². The van der Waals surface area contributed by atoms with E-state index in [0.29, 0.717) is 38.4 Å². The molecule has 0 radical (unpaired) electrons. The normalized spacial score (nSPS) is 19.3. The minimum absolute atomic E-state index is 0.0253. The highest BCUT2D eigenvalue weighted by Gasteiger charge is 2.40. The van der Waals surface area contributed by atoms with Crippen molar-refractivity contribution in [1.82, 2.24) is 35.3 Å². The lowest BCUT2D eigenvalue weighted by Crippen LogP contribution is -2.50. The highest BCUT2D eigenvalue weighted by Crippen LogP contribution is 2.38. The molecule has 0 spiro atoms. The maximum absolute atomic E-state index is 15.3. The number of amides is 5. The summed E-state index contributed by atoms with van der Waals surface area (Å²) in [5, 5.41) is 19.0. The second kappa shape index (κ2) is 20.4. The van der Waals surface area contributed by atoms with Gasteiger partial charge in [0.05, 0.1) is 31.5 Å². The van der Waals surface area contributed by atoms with E-state index >= 15 is 8.78 Å². The molecule has 3 aliphatic rings. The highest BCUT2D eigenvalue weighted by molar-refractivity contribution is 6.12. The van der Waals surface area contributed by atoms with E-state index in [1.807, 2.05) is 34.9 Å². The van der Waals surface area contributed by atoms with Gasteiger partial charge in [0.15, 0.2) is 0 Å². The van der Waals surface area contributed by atoms with Crippen LogP contribution in [0.2, 0.25) is 0 Å². The molecule has 2 fully saturated rings. The fourth-order valence-electron chi connectivity index (χ4n) is 7.21. The zero-order valence-electron chi connectivity index (χ0n) is 31.9. The van der Waals surface area contributed by atoms with Crippen LogP contribution in [-0.2, 0) is 30.3 Å². The van der Waals surface area contributed by atoms with Crippen LogP contribution in [0, 0.1) is 23.5 Å². The smallest absolute Gasteiger partial charge is 0.407 e. The number of alkyl halides is 1. The van der Waals surface area contributed by atoms with Gasteiger partial charge in [-0.1, -0.05) is 30.3 Å². The maximum atomic E-state index is 15.3. The Kier molecular flexibility index (Phi) is 14.9. The number of carbonyl (C=O) groups excluding carboxylic acids is 4. The van der Waals surface area contributed by atoms with E-state index in [-0.39, 0.29) is 69.7 Å². The number of carbonyl (C=O) groups is 4. The minimum Gasteiger partial charge on any atom is -0.447 e. The van der Waals surface area contributed by atoms with Gasteiger partial charge in [-0.15, -0.1) is 0 Å². The summed E-state index contributed by atoms with van der Waals surface area (Å²) in [6.45, 7) is 0.976. The molecule has 0 aliphatic carbocycles. The van der Waals surface area contributed by atoms with E-state index in [4.69, 9.17) is 19.2 Å². The van der Waals surface area contributed by atoms with Crippen LogP contribution in [0.25, 0.3) is 11.3 Å². The number of aromatic nitrogens is 2. The molecule has 3 aliphatic heterocycles. The van der Waals surface area contributed by atoms with Crippen LogP contribution >= 0.6 is 0 Å². The number of aliphatic hydroxyl groups is 1. The molecule has 2 saturated heterocycles. The van der Waals surface area contributed by atoms with Crippen molar-refractivity contribution in [3.05, 3.63) is 89.9 Å². The Morgan fingerprint density at radius 1 is 1.03 bits per heavy atom. The molecule has 0 saturated carbocycles. The van der Waals surface area contributed by atoms with Crippen LogP contribution < -0.4 is 16.0 Å². The lowest BCUT2D eigenvalue weighted by molar-refractivity contribution is -0.137. The largest absolute Gasteiger partial charge is 0.447 e. The number of hydrogen-bond donors (Lipinski definition) is 4. The van der Waals surface area contributed by atoms with Gasteiger partial charge in [-0.25, -0.2) is 27.7 Å². The molecule has 0 bridgehead atoms. The number of hydrogen-bond acceptors (Lipinski definition) is 10. The molecule has 4 heterocycles. The van der Waals surface area contributed by atoms with Crippen molar-refractivity contribution in [1.29, 1.82) is 0 Å². The third-order valence-corrected chi connectivity index (χ3v) is 10.2. The Hall–Kier alpha value is -5.30. The summed E-state index contributed by atoms with van der Waals surface area (Å²) in [6, 6.07) is 11.2. The predicted molar refractivity (Wildman–Crippen MR) is 203 cm³/mol. The van der Waals surface area contributed by atoms with Crippen LogP contribution in [0.15, 0.2) is 66.9 Å².